The summed E-state index contributed by atoms with van der Waals surface area (Å²) in [5, 5.41) is 0.760. The molecule has 13 heavy (non-hydrogen) atoms. The second-order valence-corrected chi connectivity index (χ2v) is 4.85. The first-order valence-electron chi connectivity index (χ1n) is 4.46. The molecule has 0 aliphatic heterocycles. The molecule has 1 aromatic rings. The van der Waals surface area contributed by atoms with E-state index in [1.807, 2.05) is 6.92 Å². The van der Waals surface area contributed by atoms with E-state index in [0.29, 0.717) is 0 Å². The standard InChI is InChI=1S/C11H16ClN/c1-7-9(12)6-13-8(2)10(7)11(3,4)5/h6H,1-5H3. The molecule has 72 valence electrons. The van der Waals surface area contributed by atoms with Gasteiger partial charge >= 0.3 is 0 Å². The number of hydrogen-bond donors (Lipinski definition) is 0. The van der Waals surface area contributed by atoms with E-state index in [4.69, 9.17) is 11.6 Å². The van der Waals surface area contributed by atoms with E-state index in [2.05, 4.69) is 32.7 Å². The van der Waals surface area contributed by atoms with Gasteiger partial charge in [-0.2, -0.15) is 0 Å². The molecule has 0 fully saturated rings. The van der Waals surface area contributed by atoms with Crippen LogP contribution in [0.5, 0.6) is 0 Å². The molecule has 0 bridgehead atoms. The highest BCUT2D eigenvalue weighted by Crippen LogP contribution is 2.31. The van der Waals surface area contributed by atoms with Crippen molar-refractivity contribution in [2.75, 3.05) is 0 Å². The molecule has 1 aromatic heterocycles. The van der Waals surface area contributed by atoms with Crippen LogP contribution in [0.15, 0.2) is 6.20 Å². The van der Waals surface area contributed by atoms with Crippen molar-refractivity contribution in [2.45, 2.75) is 40.0 Å². The zero-order valence-electron chi connectivity index (χ0n) is 8.90. The molecule has 0 aliphatic rings. The van der Waals surface area contributed by atoms with Crippen molar-refractivity contribution in [3.05, 3.63) is 28.0 Å². The predicted octanol–water partition coefficient (Wildman–Crippen LogP) is 3.65. The topological polar surface area (TPSA) is 12.9 Å². The lowest BCUT2D eigenvalue weighted by Gasteiger charge is -2.23. The quantitative estimate of drug-likeness (QED) is 0.619. The minimum atomic E-state index is 0.117. The van der Waals surface area contributed by atoms with Gasteiger partial charge in [0, 0.05) is 11.9 Å². The highest BCUT2D eigenvalue weighted by atomic mass is 35.5. The Hall–Kier alpha value is -0.560. The summed E-state index contributed by atoms with van der Waals surface area (Å²) in [6.45, 7) is 10.6. The van der Waals surface area contributed by atoms with Gasteiger partial charge in [0.25, 0.3) is 0 Å². The van der Waals surface area contributed by atoms with Crippen molar-refractivity contribution in [3.8, 4) is 0 Å². The molecular weight excluding hydrogens is 182 g/mol. The van der Waals surface area contributed by atoms with Crippen LogP contribution in [-0.2, 0) is 5.41 Å². The van der Waals surface area contributed by atoms with Gasteiger partial charge in [0.15, 0.2) is 0 Å². The number of hydrogen-bond acceptors (Lipinski definition) is 1. The van der Waals surface area contributed by atoms with Gasteiger partial charge < -0.3 is 0 Å². The Labute approximate surface area is 85.1 Å². The molecule has 0 N–H and O–H groups in total. The van der Waals surface area contributed by atoms with E-state index in [9.17, 15) is 0 Å². The molecule has 0 spiro atoms. The number of halogens is 1. The summed E-state index contributed by atoms with van der Waals surface area (Å²) in [6, 6.07) is 0. The molecule has 0 unspecified atom stereocenters. The Kier molecular flexibility index (Phi) is 2.67. The van der Waals surface area contributed by atoms with E-state index < -0.39 is 0 Å². The zero-order chi connectivity index (χ0) is 10.2. The van der Waals surface area contributed by atoms with Crippen LogP contribution < -0.4 is 0 Å². The van der Waals surface area contributed by atoms with Crippen LogP contribution in [0.4, 0.5) is 0 Å². The summed E-state index contributed by atoms with van der Waals surface area (Å²) in [6.07, 6.45) is 1.72. The second-order valence-electron chi connectivity index (χ2n) is 4.44. The summed E-state index contributed by atoms with van der Waals surface area (Å²) in [5.41, 5.74) is 3.61. The fourth-order valence-electron chi connectivity index (χ4n) is 1.81. The van der Waals surface area contributed by atoms with Gasteiger partial charge in [0.2, 0.25) is 0 Å². The smallest absolute Gasteiger partial charge is 0.0621 e. The Morgan fingerprint density at radius 2 is 1.77 bits per heavy atom. The molecule has 0 radical (unpaired) electrons. The van der Waals surface area contributed by atoms with Crippen LogP contribution >= 0.6 is 11.6 Å². The van der Waals surface area contributed by atoms with Gasteiger partial charge in [-0.05, 0) is 30.4 Å². The lowest BCUT2D eigenvalue weighted by molar-refractivity contribution is 0.578. The lowest BCUT2D eigenvalue weighted by Crippen LogP contribution is -2.16. The first-order valence-corrected chi connectivity index (χ1v) is 4.84. The maximum Gasteiger partial charge on any atom is 0.0621 e. The van der Waals surface area contributed by atoms with E-state index in [0.717, 1.165) is 16.3 Å². The van der Waals surface area contributed by atoms with Crippen LogP contribution in [0.25, 0.3) is 0 Å². The Morgan fingerprint density at radius 3 is 2.15 bits per heavy atom. The van der Waals surface area contributed by atoms with Crippen LogP contribution in [0.1, 0.15) is 37.6 Å². The second kappa shape index (κ2) is 3.30. The highest BCUT2D eigenvalue weighted by Gasteiger charge is 2.20. The average Bonchev–Trinajstić information content (AvgIpc) is 1.95. The van der Waals surface area contributed by atoms with E-state index in [1.54, 1.807) is 6.20 Å². The molecule has 0 saturated carbocycles. The van der Waals surface area contributed by atoms with Crippen molar-refractivity contribution in [1.29, 1.82) is 0 Å². The maximum absolute atomic E-state index is 6.03. The normalized spacial score (nSPS) is 11.8. The van der Waals surface area contributed by atoms with Gasteiger partial charge in [0.1, 0.15) is 0 Å². The van der Waals surface area contributed by atoms with Crippen LogP contribution in [0.2, 0.25) is 5.02 Å². The van der Waals surface area contributed by atoms with Gasteiger partial charge in [-0.1, -0.05) is 32.4 Å². The highest BCUT2D eigenvalue weighted by molar-refractivity contribution is 6.31. The SMILES string of the molecule is Cc1ncc(Cl)c(C)c1C(C)(C)C. The average molecular weight is 198 g/mol. The van der Waals surface area contributed by atoms with Crippen molar-refractivity contribution >= 4 is 11.6 Å². The molecule has 0 aliphatic carbocycles. The van der Waals surface area contributed by atoms with Crippen LogP contribution in [-0.4, -0.2) is 4.98 Å². The summed E-state index contributed by atoms with van der Waals surface area (Å²) in [5.74, 6) is 0. The van der Waals surface area contributed by atoms with Crippen molar-refractivity contribution in [1.82, 2.24) is 4.98 Å². The lowest BCUT2D eigenvalue weighted by atomic mass is 9.83. The van der Waals surface area contributed by atoms with Crippen molar-refractivity contribution < 1.29 is 0 Å². The van der Waals surface area contributed by atoms with Gasteiger partial charge in [-0.25, -0.2) is 0 Å². The molecule has 1 rings (SSSR count). The van der Waals surface area contributed by atoms with Crippen molar-refractivity contribution in [3.63, 3.8) is 0 Å². The number of rotatable bonds is 0. The Bertz CT molecular complexity index is 324. The number of nitrogens with zero attached hydrogens (tertiary/aromatic N) is 1. The molecule has 0 atom stereocenters. The van der Waals surface area contributed by atoms with E-state index in [-0.39, 0.29) is 5.41 Å². The predicted molar refractivity (Wildman–Crippen MR) is 57.4 cm³/mol. The molecular formula is C11H16ClN. The Morgan fingerprint density at radius 1 is 1.23 bits per heavy atom. The van der Waals surface area contributed by atoms with Crippen molar-refractivity contribution in [2.24, 2.45) is 0 Å². The fourth-order valence-corrected chi connectivity index (χ4v) is 1.95. The Balaban J connectivity index is 3.43. The van der Waals surface area contributed by atoms with Crippen LogP contribution in [0, 0.1) is 13.8 Å². The molecule has 0 saturated heterocycles. The maximum atomic E-state index is 6.03. The number of aromatic nitrogens is 1. The van der Waals surface area contributed by atoms with Gasteiger partial charge in [0.05, 0.1) is 5.02 Å². The summed E-state index contributed by atoms with van der Waals surface area (Å²) in [7, 11) is 0. The monoisotopic (exact) mass is 197 g/mol. The third-order valence-corrected chi connectivity index (χ3v) is 2.60. The van der Waals surface area contributed by atoms with Gasteiger partial charge in [-0.3, -0.25) is 4.98 Å². The molecule has 0 aromatic carbocycles. The molecule has 1 heterocycles. The zero-order valence-corrected chi connectivity index (χ0v) is 9.66. The van der Waals surface area contributed by atoms with Crippen LogP contribution in [0.3, 0.4) is 0 Å². The first kappa shape index (κ1) is 10.5. The third kappa shape index (κ3) is 2.02. The minimum Gasteiger partial charge on any atom is -0.260 e. The third-order valence-electron chi connectivity index (χ3n) is 2.22. The summed E-state index contributed by atoms with van der Waals surface area (Å²) in [4.78, 5) is 4.27. The summed E-state index contributed by atoms with van der Waals surface area (Å²) < 4.78 is 0. The summed E-state index contributed by atoms with van der Waals surface area (Å²) >= 11 is 6.03. The van der Waals surface area contributed by atoms with Gasteiger partial charge in [-0.15, -0.1) is 0 Å². The fraction of sp³-hybridized carbons (Fsp3) is 0.545. The number of aryl methyl sites for hydroxylation is 1. The first-order chi connectivity index (χ1) is 5.84. The minimum absolute atomic E-state index is 0.117. The molecule has 0 amide bonds. The number of pyridine rings is 1. The van der Waals surface area contributed by atoms with E-state index in [1.165, 1.54) is 5.56 Å². The molecule has 1 nitrogen and oxygen atoms in total. The largest absolute Gasteiger partial charge is 0.260 e. The molecule has 2 heteroatoms. The van der Waals surface area contributed by atoms with E-state index >= 15 is 0 Å².